The number of aromatic nitrogens is 4. The quantitative estimate of drug-likeness (QED) is 0.711. The van der Waals surface area contributed by atoms with Gasteiger partial charge in [0.25, 0.3) is 5.91 Å². The third kappa shape index (κ3) is 2.77. The van der Waals surface area contributed by atoms with E-state index in [4.69, 9.17) is 11.0 Å². The molecular formula is C17H16N8O. The highest BCUT2D eigenvalue weighted by Gasteiger charge is 2.22. The first-order chi connectivity index (χ1) is 12.7. The SMILES string of the molecule is N#Cc1cnc(N2CCN(c3nc4c(C(N)=O)cccc4[nH]3)CC2)nc1. The Kier molecular flexibility index (Phi) is 3.85. The number of primary amides is 1. The summed E-state index contributed by atoms with van der Waals surface area (Å²) in [6.45, 7) is 2.92. The number of H-pyrrole nitrogens is 1. The Morgan fingerprint density at radius 1 is 1.15 bits per heavy atom. The Morgan fingerprint density at radius 3 is 2.50 bits per heavy atom. The summed E-state index contributed by atoms with van der Waals surface area (Å²) in [5, 5.41) is 8.82. The standard InChI is InChI=1S/C17H16N8O/c18-8-11-9-20-16(21-10-11)24-4-6-25(7-5-24)17-22-13-3-1-2-12(15(19)26)14(13)23-17/h1-3,9-10H,4-7H2,(H2,19,26)(H,22,23). The Bertz CT molecular complexity index is 996. The van der Waals surface area contributed by atoms with Crippen LogP contribution in [0.4, 0.5) is 11.9 Å². The van der Waals surface area contributed by atoms with Crippen molar-refractivity contribution in [2.45, 2.75) is 0 Å². The maximum atomic E-state index is 11.6. The fraction of sp³-hybridized carbons (Fsp3) is 0.235. The first-order valence-electron chi connectivity index (χ1n) is 8.16. The van der Waals surface area contributed by atoms with Gasteiger partial charge in [-0.1, -0.05) is 6.07 Å². The van der Waals surface area contributed by atoms with Crippen LogP contribution in [0.1, 0.15) is 15.9 Å². The Labute approximate surface area is 149 Å². The van der Waals surface area contributed by atoms with Crippen molar-refractivity contribution in [2.75, 3.05) is 36.0 Å². The Balaban J connectivity index is 1.51. The van der Waals surface area contributed by atoms with Crippen LogP contribution in [0.15, 0.2) is 30.6 Å². The van der Waals surface area contributed by atoms with Gasteiger partial charge in [0.05, 0.1) is 29.0 Å². The number of aromatic amines is 1. The smallest absolute Gasteiger partial charge is 0.250 e. The summed E-state index contributed by atoms with van der Waals surface area (Å²) in [5.41, 5.74) is 7.66. The Morgan fingerprint density at radius 2 is 1.85 bits per heavy atom. The van der Waals surface area contributed by atoms with Crippen molar-refractivity contribution < 1.29 is 4.79 Å². The number of nitrogens with zero attached hydrogens (tertiary/aromatic N) is 6. The molecule has 3 aromatic rings. The average Bonchev–Trinajstić information content (AvgIpc) is 3.12. The lowest BCUT2D eigenvalue weighted by Crippen LogP contribution is -2.47. The second kappa shape index (κ2) is 6.33. The molecule has 2 aromatic heterocycles. The summed E-state index contributed by atoms with van der Waals surface area (Å²) in [7, 11) is 0. The van der Waals surface area contributed by atoms with Gasteiger partial charge < -0.3 is 20.5 Å². The van der Waals surface area contributed by atoms with Crippen molar-refractivity contribution in [1.29, 1.82) is 5.26 Å². The predicted molar refractivity (Wildman–Crippen MR) is 95.8 cm³/mol. The molecule has 4 rings (SSSR count). The van der Waals surface area contributed by atoms with Crippen LogP contribution in [0.5, 0.6) is 0 Å². The van der Waals surface area contributed by atoms with E-state index in [0.717, 1.165) is 31.7 Å². The monoisotopic (exact) mass is 348 g/mol. The largest absolute Gasteiger partial charge is 0.366 e. The average molecular weight is 348 g/mol. The number of carbonyl (C=O) groups is 1. The number of para-hydroxylation sites is 1. The summed E-state index contributed by atoms with van der Waals surface area (Å²) in [5.74, 6) is 0.842. The second-order valence-corrected chi connectivity index (χ2v) is 5.98. The molecule has 0 atom stereocenters. The van der Waals surface area contributed by atoms with E-state index in [1.807, 2.05) is 12.1 Å². The van der Waals surface area contributed by atoms with E-state index in [1.165, 1.54) is 12.4 Å². The molecule has 0 spiro atoms. The molecule has 1 saturated heterocycles. The van der Waals surface area contributed by atoms with Crippen LogP contribution in [0.3, 0.4) is 0 Å². The van der Waals surface area contributed by atoms with E-state index in [1.54, 1.807) is 12.1 Å². The van der Waals surface area contributed by atoms with Gasteiger partial charge in [-0.25, -0.2) is 15.0 Å². The zero-order valence-electron chi connectivity index (χ0n) is 13.9. The van der Waals surface area contributed by atoms with Gasteiger partial charge in [0, 0.05) is 26.2 Å². The molecule has 0 radical (unpaired) electrons. The summed E-state index contributed by atoms with van der Waals surface area (Å²) in [6.07, 6.45) is 3.05. The molecule has 0 bridgehead atoms. The zero-order valence-corrected chi connectivity index (χ0v) is 13.9. The van der Waals surface area contributed by atoms with E-state index >= 15 is 0 Å². The number of hydrogen-bond donors (Lipinski definition) is 2. The number of hydrogen-bond acceptors (Lipinski definition) is 7. The number of imidazole rings is 1. The summed E-state index contributed by atoms with van der Waals surface area (Å²) in [6, 6.07) is 7.35. The van der Waals surface area contributed by atoms with E-state index in [-0.39, 0.29) is 0 Å². The third-order valence-electron chi connectivity index (χ3n) is 4.40. The van der Waals surface area contributed by atoms with E-state index in [2.05, 4.69) is 29.7 Å². The van der Waals surface area contributed by atoms with Crippen molar-refractivity contribution in [3.63, 3.8) is 0 Å². The number of nitriles is 1. The maximum Gasteiger partial charge on any atom is 0.250 e. The van der Waals surface area contributed by atoms with Crippen LogP contribution in [0, 0.1) is 11.3 Å². The molecule has 1 aromatic carbocycles. The number of benzene rings is 1. The minimum Gasteiger partial charge on any atom is -0.366 e. The molecule has 0 saturated carbocycles. The van der Waals surface area contributed by atoms with Gasteiger partial charge in [-0.15, -0.1) is 0 Å². The number of piperazine rings is 1. The summed E-state index contributed by atoms with van der Waals surface area (Å²) >= 11 is 0. The number of amides is 1. The van der Waals surface area contributed by atoms with Crippen LogP contribution < -0.4 is 15.5 Å². The minimum atomic E-state index is -0.489. The van der Waals surface area contributed by atoms with Crippen LogP contribution in [0.25, 0.3) is 11.0 Å². The topological polar surface area (TPSA) is 128 Å². The van der Waals surface area contributed by atoms with E-state index in [9.17, 15) is 4.79 Å². The molecule has 9 nitrogen and oxygen atoms in total. The molecule has 0 unspecified atom stereocenters. The molecule has 9 heteroatoms. The highest BCUT2D eigenvalue weighted by molar-refractivity contribution is 6.04. The van der Waals surface area contributed by atoms with Gasteiger partial charge >= 0.3 is 0 Å². The molecular weight excluding hydrogens is 332 g/mol. The molecule has 3 heterocycles. The number of carbonyl (C=O) groups excluding carboxylic acids is 1. The molecule has 1 aliphatic rings. The van der Waals surface area contributed by atoms with Gasteiger partial charge in [-0.2, -0.15) is 5.26 Å². The lowest BCUT2D eigenvalue weighted by atomic mass is 10.2. The summed E-state index contributed by atoms with van der Waals surface area (Å²) in [4.78, 5) is 32.0. The fourth-order valence-corrected chi connectivity index (χ4v) is 3.03. The molecule has 130 valence electrons. The first kappa shape index (κ1) is 15.8. The highest BCUT2D eigenvalue weighted by atomic mass is 16.1. The van der Waals surface area contributed by atoms with Gasteiger partial charge in [-0.05, 0) is 12.1 Å². The zero-order chi connectivity index (χ0) is 18.1. The number of nitrogens with one attached hydrogen (secondary N) is 1. The molecule has 26 heavy (non-hydrogen) atoms. The van der Waals surface area contributed by atoms with Gasteiger partial charge in [0.1, 0.15) is 11.6 Å². The molecule has 3 N–H and O–H groups in total. The second-order valence-electron chi connectivity index (χ2n) is 5.98. The molecule has 1 fully saturated rings. The number of anilines is 2. The normalized spacial score (nSPS) is 14.4. The lowest BCUT2D eigenvalue weighted by molar-refractivity contribution is 0.100. The highest BCUT2D eigenvalue weighted by Crippen LogP contribution is 2.22. The van der Waals surface area contributed by atoms with E-state index in [0.29, 0.717) is 28.5 Å². The van der Waals surface area contributed by atoms with Gasteiger partial charge in [-0.3, -0.25) is 4.79 Å². The number of fused-ring (bicyclic) bond motifs is 1. The fourth-order valence-electron chi connectivity index (χ4n) is 3.03. The van der Waals surface area contributed by atoms with Crippen LogP contribution in [-0.4, -0.2) is 52.0 Å². The first-order valence-corrected chi connectivity index (χ1v) is 8.16. The summed E-state index contributed by atoms with van der Waals surface area (Å²) < 4.78 is 0. The predicted octanol–water partition coefficient (Wildman–Crippen LogP) is 0.650. The van der Waals surface area contributed by atoms with Crippen molar-refractivity contribution >= 4 is 28.8 Å². The van der Waals surface area contributed by atoms with Crippen molar-refractivity contribution in [1.82, 2.24) is 19.9 Å². The minimum absolute atomic E-state index is 0.412. The number of rotatable bonds is 3. The van der Waals surface area contributed by atoms with Crippen molar-refractivity contribution in [3.05, 3.63) is 41.7 Å². The van der Waals surface area contributed by atoms with E-state index < -0.39 is 5.91 Å². The van der Waals surface area contributed by atoms with Crippen LogP contribution >= 0.6 is 0 Å². The number of nitrogens with two attached hydrogens (primary N) is 1. The third-order valence-corrected chi connectivity index (χ3v) is 4.40. The van der Waals surface area contributed by atoms with Crippen LogP contribution in [0.2, 0.25) is 0 Å². The Hall–Kier alpha value is -3.67. The molecule has 1 aliphatic heterocycles. The molecule has 0 aliphatic carbocycles. The van der Waals surface area contributed by atoms with Crippen molar-refractivity contribution in [2.24, 2.45) is 5.73 Å². The van der Waals surface area contributed by atoms with Gasteiger partial charge in [0.15, 0.2) is 0 Å². The van der Waals surface area contributed by atoms with Gasteiger partial charge in [0.2, 0.25) is 11.9 Å². The lowest BCUT2D eigenvalue weighted by Gasteiger charge is -2.34. The van der Waals surface area contributed by atoms with Crippen molar-refractivity contribution in [3.8, 4) is 6.07 Å². The van der Waals surface area contributed by atoms with Crippen LogP contribution in [-0.2, 0) is 0 Å². The molecule has 1 amide bonds. The maximum absolute atomic E-state index is 11.6.